The van der Waals surface area contributed by atoms with Crippen molar-refractivity contribution in [2.45, 2.75) is 13.0 Å². The molecule has 0 saturated carbocycles. The highest BCUT2D eigenvalue weighted by Gasteiger charge is 2.11. The summed E-state index contributed by atoms with van der Waals surface area (Å²) in [6.07, 6.45) is 1.55. The Balaban J connectivity index is 2.06. The minimum absolute atomic E-state index is 0.0256. The third kappa shape index (κ3) is 3.17. The van der Waals surface area contributed by atoms with Gasteiger partial charge in [-0.2, -0.15) is 0 Å². The number of benzene rings is 1. The van der Waals surface area contributed by atoms with Gasteiger partial charge < -0.3 is 5.32 Å². The van der Waals surface area contributed by atoms with Crippen molar-refractivity contribution in [1.82, 2.24) is 10.3 Å². The standard InChI is InChI=1S/C14H13BrN2O/c1-10(11-5-3-2-4-6-11)17-14(18)12-7-8-13(15)16-9-12/h2-10H,1H3,(H,17,18)/t10-/m1/s1. The highest BCUT2D eigenvalue weighted by atomic mass is 79.9. The Morgan fingerprint density at radius 1 is 1.22 bits per heavy atom. The van der Waals surface area contributed by atoms with E-state index in [4.69, 9.17) is 0 Å². The van der Waals surface area contributed by atoms with E-state index in [9.17, 15) is 4.79 Å². The predicted octanol–water partition coefficient (Wildman–Crippen LogP) is 3.34. The molecule has 1 atom stereocenters. The molecular weight excluding hydrogens is 292 g/mol. The van der Waals surface area contributed by atoms with Crippen molar-refractivity contribution < 1.29 is 4.79 Å². The van der Waals surface area contributed by atoms with Gasteiger partial charge in [-0.1, -0.05) is 30.3 Å². The zero-order valence-electron chi connectivity index (χ0n) is 9.93. The minimum atomic E-state index is -0.119. The number of nitrogens with one attached hydrogen (secondary N) is 1. The number of hydrogen-bond acceptors (Lipinski definition) is 2. The topological polar surface area (TPSA) is 42.0 Å². The highest BCUT2D eigenvalue weighted by Crippen LogP contribution is 2.12. The van der Waals surface area contributed by atoms with Crippen LogP contribution < -0.4 is 5.32 Å². The molecule has 0 spiro atoms. The van der Waals surface area contributed by atoms with Crippen molar-refractivity contribution in [3.05, 3.63) is 64.4 Å². The summed E-state index contributed by atoms with van der Waals surface area (Å²) in [5, 5.41) is 2.94. The van der Waals surface area contributed by atoms with Crippen LogP contribution in [0.5, 0.6) is 0 Å². The monoisotopic (exact) mass is 304 g/mol. The van der Waals surface area contributed by atoms with Crippen LogP contribution in [0.15, 0.2) is 53.3 Å². The Morgan fingerprint density at radius 3 is 2.56 bits per heavy atom. The van der Waals surface area contributed by atoms with Crippen molar-refractivity contribution in [1.29, 1.82) is 0 Å². The number of pyridine rings is 1. The van der Waals surface area contributed by atoms with Crippen LogP contribution >= 0.6 is 15.9 Å². The number of aromatic nitrogens is 1. The number of halogens is 1. The number of hydrogen-bond donors (Lipinski definition) is 1. The average molecular weight is 305 g/mol. The molecule has 0 aliphatic carbocycles. The quantitative estimate of drug-likeness (QED) is 0.884. The molecule has 1 aromatic carbocycles. The summed E-state index contributed by atoms with van der Waals surface area (Å²) in [6.45, 7) is 1.96. The van der Waals surface area contributed by atoms with Gasteiger partial charge in [-0.3, -0.25) is 4.79 Å². The molecule has 3 nitrogen and oxygen atoms in total. The van der Waals surface area contributed by atoms with E-state index in [-0.39, 0.29) is 11.9 Å². The molecule has 18 heavy (non-hydrogen) atoms. The number of nitrogens with zero attached hydrogens (tertiary/aromatic N) is 1. The second-order valence-corrected chi connectivity index (χ2v) is 4.79. The Labute approximate surface area is 114 Å². The zero-order chi connectivity index (χ0) is 13.0. The van der Waals surface area contributed by atoms with Gasteiger partial charge in [0.15, 0.2) is 0 Å². The van der Waals surface area contributed by atoms with Crippen LogP contribution in [-0.4, -0.2) is 10.9 Å². The van der Waals surface area contributed by atoms with Crippen molar-refractivity contribution in [2.24, 2.45) is 0 Å². The fraction of sp³-hybridized carbons (Fsp3) is 0.143. The molecule has 92 valence electrons. The second kappa shape index (κ2) is 5.78. The summed E-state index contributed by atoms with van der Waals surface area (Å²) in [5.74, 6) is -0.119. The Hall–Kier alpha value is -1.68. The van der Waals surface area contributed by atoms with Crippen LogP contribution in [-0.2, 0) is 0 Å². The van der Waals surface area contributed by atoms with Crippen molar-refractivity contribution in [3.8, 4) is 0 Å². The first-order chi connectivity index (χ1) is 8.66. The first-order valence-corrected chi connectivity index (χ1v) is 6.43. The van der Waals surface area contributed by atoms with Crippen molar-refractivity contribution >= 4 is 21.8 Å². The van der Waals surface area contributed by atoms with E-state index in [1.54, 1.807) is 18.3 Å². The van der Waals surface area contributed by atoms with Gasteiger partial charge in [-0.25, -0.2) is 4.98 Å². The second-order valence-electron chi connectivity index (χ2n) is 3.98. The van der Waals surface area contributed by atoms with Gasteiger partial charge in [0, 0.05) is 6.20 Å². The van der Waals surface area contributed by atoms with Gasteiger partial charge in [-0.15, -0.1) is 0 Å². The summed E-state index contributed by atoms with van der Waals surface area (Å²) in [5.41, 5.74) is 1.64. The summed E-state index contributed by atoms with van der Waals surface area (Å²) in [4.78, 5) is 16.0. The van der Waals surface area contributed by atoms with Gasteiger partial charge in [-0.05, 0) is 40.5 Å². The van der Waals surface area contributed by atoms with Crippen LogP contribution in [0.1, 0.15) is 28.9 Å². The van der Waals surface area contributed by atoms with E-state index in [2.05, 4.69) is 26.2 Å². The molecule has 2 aromatic rings. The van der Waals surface area contributed by atoms with Gasteiger partial charge in [0.25, 0.3) is 5.91 Å². The maximum absolute atomic E-state index is 12.0. The Bertz CT molecular complexity index is 525. The fourth-order valence-corrected chi connectivity index (χ4v) is 1.85. The number of carbonyl (C=O) groups excluding carboxylic acids is 1. The molecule has 0 unspecified atom stereocenters. The van der Waals surface area contributed by atoms with Crippen molar-refractivity contribution in [3.63, 3.8) is 0 Å². The van der Waals surface area contributed by atoms with E-state index >= 15 is 0 Å². The number of rotatable bonds is 3. The molecule has 4 heteroatoms. The van der Waals surface area contributed by atoms with E-state index in [0.717, 1.165) is 10.2 Å². The van der Waals surface area contributed by atoms with Gasteiger partial charge in [0.05, 0.1) is 11.6 Å². The largest absolute Gasteiger partial charge is 0.345 e. The summed E-state index contributed by atoms with van der Waals surface area (Å²) >= 11 is 3.24. The van der Waals surface area contributed by atoms with Gasteiger partial charge >= 0.3 is 0 Å². The summed E-state index contributed by atoms with van der Waals surface area (Å²) < 4.78 is 0.718. The van der Waals surface area contributed by atoms with Crippen LogP contribution in [0.2, 0.25) is 0 Å². The molecule has 0 bridgehead atoms. The highest BCUT2D eigenvalue weighted by molar-refractivity contribution is 9.10. The van der Waals surface area contributed by atoms with Crippen LogP contribution in [0, 0.1) is 0 Å². The Kier molecular flexibility index (Phi) is 4.10. The lowest BCUT2D eigenvalue weighted by Crippen LogP contribution is -2.26. The SMILES string of the molecule is C[C@@H](NC(=O)c1ccc(Br)nc1)c1ccccc1. The Morgan fingerprint density at radius 2 is 1.94 bits per heavy atom. The predicted molar refractivity (Wildman–Crippen MR) is 74.3 cm³/mol. The molecular formula is C14H13BrN2O. The molecule has 0 saturated heterocycles. The van der Waals surface area contributed by atoms with Crippen LogP contribution in [0.4, 0.5) is 0 Å². The molecule has 1 heterocycles. The summed E-state index contributed by atoms with van der Waals surface area (Å²) in [6, 6.07) is 13.3. The van der Waals surface area contributed by atoms with Gasteiger partial charge in [0.2, 0.25) is 0 Å². The first kappa shape index (κ1) is 12.8. The molecule has 0 fully saturated rings. The maximum Gasteiger partial charge on any atom is 0.253 e. The molecule has 0 aliphatic rings. The van der Waals surface area contributed by atoms with Gasteiger partial charge in [0.1, 0.15) is 4.60 Å². The molecule has 0 aliphatic heterocycles. The molecule has 0 radical (unpaired) electrons. The van der Waals surface area contributed by atoms with E-state index in [0.29, 0.717) is 5.56 Å². The zero-order valence-corrected chi connectivity index (χ0v) is 11.5. The summed E-state index contributed by atoms with van der Waals surface area (Å²) in [7, 11) is 0. The molecule has 1 amide bonds. The van der Waals surface area contributed by atoms with E-state index in [1.165, 1.54) is 0 Å². The smallest absolute Gasteiger partial charge is 0.253 e. The first-order valence-electron chi connectivity index (χ1n) is 5.64. The van der Waals surface area contributed by atoms with Crippen LogP contribution in [0.3, 0.4) is 0 Å². The molecule has 1 N–H and O–H groups in total. The molecule has 2 rings (SSSR count). The lowest BCUT2D eigenvalue weighted by Gasteiger charge is -2.14. The third-order valence-electron chi connectivity index (χ3n) is 2.64. The van der Waals surface area contributed by atoms with Crippen LogP contribution in [0.25, 0.3) is 0 Å². The van der Waals surface area contributed by atoms with E-state index < -0.39 is 0 Å². The average Bonchev–Trinajstić information content (AvgIpc) is 2.40. The lowest BCUT2D eigenvalue weighted by molar-refractivity contribution is 0.0939. The van der Waals surface area contributed by atoms with Crippen molar-refractivity contribution in [2.75, 3.05) is 0 Å². The van der Waals surface area contributed by atoms with E-state index in [1.807, 2.05) is 37.3 Å². The maximum atomic E-state index is 12.0. The number of carbonyl (C=O) groups is 1. The lowest BCUT2D eigenvalue weighted by atomic mass is 10.1. The number of amides is 1. The third-order valence-corrected chi connectivity index (χ3v) is 3.11. The fourth-order valence-electron chi connectivity index (χ4n) is 1.62. The molecule has 1 aromatic heterocycles. The normalized spacial score (nSPS) is 11.9. The minimum Gasteiger partial charge on any atom is -0.345 e.